The van der Waals surface area contributed by atoms with E-state index in [0.717, 1.165) is 96.4 Å². The van der Waals surface area contributed by atoms with E-state index in [9.17, 15) is 20.4 Å². The zero-order valence-electron chi connectivity index (χ0n) is 43.3. The first-order valence-electron chi connectivity index (χ1n) is 27.6. The zero-order chi connectivity index (χ0) is 49.6. The SMILES string of the molecule is C#CCCCC.C#CCCCN1C2CCC1CC(O)(Cc1ccccc1)C2.CN1C2CCC1CC(O)(Cc1ccccc1)C2.CN1C2CCC1CC(O)C2.OC1(Cc2ccccc2)CC2CCC(C1)N2. The van der Waals surface area contributed by atoms with E-state index in [0.29, 0.717) is 48.3 Å². The van der Waals surface area contributed by atoms with Gasteiger partial charge < -0.3 is 35.5 Å². The van der Waals surface area contributed by atoms with Gasteiger partial charge in [-0.05, 0) is 153 Å². The first kappa shape index (κ1) is 54.2. The molecule has 8 bridgehead atoms. The summed E-state index contributed by atoms with van der Waals surface area (Å²) in [5.74, 6) is 5.30. The Labute approximate surface area is 424 Å². The highest BCUT2D eigenvalue weighted by Crippen LogP contribution is 2.43. The van der Waals surface area contributed by atoms with Gasteiger partial charge in [-0.1, -0.05) is 104 Å². The number of nitrogens with one attached hydrogen (secondary N) is 1. The van der Waals surface area contributed by atoms with Crippen LogP contribution in [0.2, 0.25) is 0 Å². The molecule has 11 rings (SSSR count). The monoisotopic (exact) mass is 955 g/mol. The lowest BCUT2D eigenvalue weighted by Crippen LogP contribution is -2.52. The molecule has 0 aromatic heterocycles. The lowest BCUT2D eigenvalue weighted by Gasteiger charge is -2.44. The number of unbranched alkanes of at least 4 members (excludes halogenated alkanes) is 3. The van der Waals surface area contributed by atoms with E-state index in [1.165, 1.54) is 80.9 Å². The van der Waals surface area contributed by atoms with E-state index in [1.807, 2.05) is 30.3 Å². The van der Waals surface area contributed by atoms with Crippen LogP contribution < -0.4 is 5.32 Å². The van der Waals surface area contributed by atoms with Crippen molar-refractivity contribution in [3.05, 3.63) is 108 Å². The Kier molecular flexibility index (Phi) is 20.1. The van der Waals surface area contributed by atoms with Gasteiger partial charge in [-0.2, -0.15) is 0 Å². The fourth-order valence-corrected chi connectivity index (χ4v) is 13.9. The fraction of sp³-hybridized carbons (Fsp3) is 0.645. The topological polar surface area (TPSA) is 103 Å². The zero-order valence-corrected chi connectivity index (χ0v) is 43.3. The maximum Gasteiger partial charge on any atom is 0.0717 e. The van der Waals surface area contributed by atoms with Crippen LogP contribution in [0.4, 0.5) is 0 Å². The molecule has 0 radical (unpaired) electrons. The third kappa shape index (κ3) is 15.5. The fourth-order valence-electron chi connectivity index (χ4n) is 13.9. The molecule has 0 spiro atoms. The van der Waals surface area contributed by atoms with Crippen molar-refractivity contribution in [2.45, 2.75) is 232 Å². The summed E-state index contributed by atoms with van der Waals surface area (Å²) in [7, 11) is 4.40. The highest BCUT2D eigenvalue weighted by atomic mass is 16.3. The Morgan fingerprint density at radius 1 is 0.514 bits per heavy atom. The average molecular weight is 955 g/mol. The smallest absolute Gasteiger partial charge is 0.0717 e. The van der Waals surface area contributed by atoms with Gasteiger partial charge in [0.1, 0.15) is 0 Å². The second-order valence-electron chi connectivity index (χ2n) is 23.0. The van der Waals surface area contributed by atoms with Gasteiger partial charge in [-0.15, -0.1) is 24.7 Å². The second kappa shape index (κ2) is 25.9. The molecule has 8 nitrogen and oxygen atoms in total. The predicted octanol–water partition coefficient (Wildman–Crippen LogP) is 9.51. The van der Waals surface area contributed by atoms with Crippen molar-refractivity contribution in [3.63, 3.8) is 0 Å². The molecule has 8 unspecified atom stereocenters. The van der Waals surface area contributed by atoms with Crippen molar-refractivity contribution in [3.8, 4) is 24.7 Å². The molecule has 8 fully saturated rings. The molecule has 8 heteroatoms. The van der Waals surface area contributed by atoms with Crippen LogP contribution in [0.25, 0.3) is 0 Å². The highest BCUT2D eigenvalue weighted by Gasteiger charge is 2.48. The summed E-state index contributed by atoms with van der Waals surface area (Å²) in [5.41, 5.74) is 2.30. The summed E-state index contributed by atoms with van der Waals surface area (Å²) in [6, 6.07) is 35.9. The van der Waals surface area contributed by atoms with Crippen molar-refractivity contribution in [1.29, 1.82) is 0 Å². The molecular formula is C62H90N4O4. The maximum atomic E-state index is 11.0. The molecular weight excluding hydrogens is 865 g/mol. The van der Waals surface area contributed by atoms with Crippen LogP contribution in [0.3, 0.4) is 0 Å². The van der Waals surface area contributed by atoms with Gasteiger partial charge in [0.15, 0.2) is 0 Å². The molecule has 8 aliphatic rings. The molecule has 0 amide bonds. The predicted molar refractivity (Wildman–Crippen MR) is 287 cm³/mol. The summed E-state index contributed by atoms with van der Waals surface area (Å²) >= 11 is 0. The van der Waals surface area contributed by atoms with Gasteiger partial charge in [0.25, 0.3) is 0 Å². The molecule has 0 saturated carbocycles. The Balaban J connectivity index is 0.000000135. The highest BCUT2D eigenvalue weighted by molar-refractivity contribution is 5.21. The van der Waals surface area contributed by atoms with Crippen LogP contribution in [-0.4, -0.2) is 127 Å². The van der Waals surface area contributed by atoms with E-state index in [2.05, 4.69) is 114 Å². The number of rotatable bonds is 11. The molecule has 70 heavy (non-hydrogen) atoms. The number of terminal acetylenes is 2. The van der Waals surface area contributed by atoms with Crippen LogP contribution in [-0.2, 0) is 19.3 Å². The van der Waals surface area contributed by atoms with Gasteiger partial charge in [0.2, 0.25) is 0 Å². The van der Waals surface area contributed by atoms with Crippen molar-refractivity contribution < 1.29 is 20.4 Å². The number of nitrogens with zero attached hydrogens (tertiary/aromatic N) is 3. The second-order valence-corrected chi connectivity index (χ2v) is 23.0. The number of aliphatic hydroxyl groups is 4. The number of hydrogen-bond acceptors (Lipinski definition) is 8. The normalized spacial score (nSPS) is 34.7. The number of hydrogen-bond donors (Lipinski definition) is 5. The summed E-state index contributed by atoms with van der Waals surface area (Å²) in [5, 5.41) is 45.5. The minimum absolute atomic E-state index is 0.00583. The minimum atomic E-state index is -0.518. The first-order valence-corrected chi connectivity index (χ1v) is 27.6. The van der Waals surface area contributed by atoms with Gasteiger partial charge in [-0.3, -0.25) is 4.90 Å². The molecule has 3 aromatic carbocycles. The minimum Gasteiger partial charge on any atom is -0.393 e. The molecule has 382 valence electrons. The van der Waals surface area contributed by atoms with Crippen LogP contribution in [0, 0.1) is 24.7 Å². The number of piperidine rings is 4. The summed E-state index contributed by atoms with van der Waals surface area (Å²) < 4.78 is 0. The molecule has 8 aliphatic heterocycles. The number of aliphatic hydroxyl groups excluding tert-OH is 1. The lowest BCUT2D eigenvalue weighted by atomic mass is 9.81. The Bertz CT molecular complexity index is 2020. The van der Waals surface area contributed by atoms with E-state index in [4.69, 9.17) is 12.8 Å². The van der Waals surface area contributed by atoms with Gasteiger partial charge in [-0.25, -0.2) is 0 Å². The third-order valence-corrected chi connectivity index (χ3v) is 17.4. The quantitative estimate of drug-likeness (QED) is 0.0958. The first-order chi connectivity index (χ1) is 33.8. The molecule has 3 aromatic rings. The number of benzene rings is 3. The van der Waals surface area contributed by atoms with Crippen molar-refractivity contribution in [2.24, 2.45) is 0 Å². The van der Waals surface area contributed by atoms with Crippen molar-refractivity contribution >= 4 is 0 Å². The molecule has 8 atom stereocenters. The van der Waals surface area contributed by atoms with Crippen LogP contribution in [0.5, 0.6) is 0 Å². The molecule has 8 saturated heterocycles. The van der Waals surface area contributed by atoms with E-state index in [-0.39, 0.29) is 6.10 Å². The maximum absolute atomic E-state index is 11.0. The van der Waals surface area contributed by atoms with Gasteiger partial charge >= 0.3 is 0 Å². The Morgan fingerprint density at radius 3 is 1.27 bits per heavy atom. The standard InChI is InChI=1S/C19H25NO.C15H21NO.C14H19NO.C8H15NO.C6H10/c1-2-3-7-12-20-17-10-11-18(20)15-19(21,14-17)13-16-8-5-4-6-9-16;1-16-13-7-8-14(16)11-15(17,10-13)9-12-5-3-2-4-6-12;16-14(8-11-4-2-1-3-5-11)9-12-6-7-13(10-14)15-12;1-9-6-2-3-7(9)5-8(10)4-6;1-3-5-6-4-2/h1,4-6,8-9,17-18,21H,3,7,10-15H2;2-6,13-14,17H,7-11H2,1H3;1-5,12-13,15-16H,6-10H2;6-8,10H,2-5H2,1H3;1H,4-6H2,2H3. The summed E-state index contributed by atoms with van der Waals surface area (Å²) in [4.78, 5) is 7.52. The van der Waals surface area contributed by atoms with Gasteiger partial charge in [0, 0.05) is 80.4 Å². The van der Waals surface area contributed by atoms with Gasteiger partial charge in [0.05, 0.1) is 22.9 Å². The summed E-state index contributed by atoms with van der Waals surface area (Å²) in [6.07, 6.45) is 35.6. The largest absolute Gasteiger partial charge is 0.393 e. The molecule has 0 aliphatic carbocycles. The van der Waals surface area contributed by atoms with Crippen LogP contribution in [0.1, 0.15) is 158 Å². The lowest BCUT2D eigenvalue weighted by molar-refractivity contribution is -0.0514. The average Bonchev–Trinajstić information content (AvgIpc) is 3.96. The van der Waals surface area contributed by atoms with E-state index in [1.54, 1.807) is 0 Å². The van der Waals surface area contributed by atoms with Crippen molar-refractivity contribution in [1.82, 2.24) is 20.0 Å². The van der Waals surface area contributed by atoms with E-state index < -0.39 is 16.8 Å². The Hall–Kier alpha value is -3.54. The van der Waals surface area contributed by atoms with Crippen LogP contribution in [0.15, 0.2) is 91.0 Å². The van der Waals surface area contributed by atoms with E-state index >= 15 is 0 Å². The Morgan fingerprint density at radius 2 is 0.871 bits per heavy atom. The molecule has 5 N–H and O–H groups in total. The van der Waals surface area contributed by atoms with Crippen molar-refractivity contribution in [2.75, 3.05) is 20.6 Å². The number of fused-ring (bicyclic) bond motifs is 8. The summed E-state index contributed by atoms with van der Waals surface area (Å²) in [6.45, 7) is 3.23. The molecule has 8 heterocycles. The van der Waals surface area contributed by atoms with Crippen LogP contribution >= 0.6 is 0 Å². The third-order valence-electron chi connectivity index (χ3n) is 17.4.